The summed E-state index contributed by atoms with van der Waals surface area (Å²) in [5.41, 5.74) is 1.80. The van der Waals surface area contributed by atoms with E-state index < -0.39 is 6.10 Å². The number of nitrogens with zero attached hydrogens (tertiary/aromatic N) is 1. The smallest absolute Gasteiger partial charge is 0.0776 e. The van der Waals surface area contributed by atoms with E-state index in [1.54, 1.807) is 18.3 Å². The molecular weight excluding hydrogens is 346 g/mol. The molecule has 0 aliphatic carbocycles. The minimum atomic E-state index is -0.542. The van der Waals surface area contributed by atoms with Gasteiger partial charge in [-0.2, -0.15) is 0 Å². The molecule has 1 aromatic heterocycles. The zero-order valence-corrected chi connectivity index (χ0v) is 13.9. The van der Waals surface area contributed by atoms with Crippen LogP contribution >= 0.6 is 38.9 Å². The second-order valence-electron chi connectivity index (χ2n) is 4.47. The minimum absolute atomic E-state index is 0.542. The van der Waals surface area contributed by atoms with Gasteiger partial charge in [0.25, 0.3) is 0 Å². The molecule has 5 heteroatoms. The molecule has 1 heterocycles. The van der Waals surface area contributed by atoms with Gasteiger partial charge in [0.1, 0.15) is 0 Å². The van der Waals surface area contributed by atoms with E-state index in [4.69, 9.17) is 11.6 Å². The van der Waals surface area contributed by atoms with Crippen molar-refractivity contribution in [3.63, 3.8) is 0 Å². The fourth-order valence-corrected chi connectivity index (χ4v) is 3.69. The number of hydrogen-bond donors (Lipinski definition) is 1. The van der Waals surface area contributed by atoms with Crippen LogP contribution in [0.15, 0.2) is 34.1 Å². The molecule has 102 valence electrons. The standard InChI is InChI=1S/C14H15BrClNOS/c1-9(18)13-4-3-11(6-14(13)16)17(2)7-12-5-10(15)8-19-12/h3-6,8-9,18H,7H2,1-2H3. The Kier molecular flexibility index (Phi) is 4.90. The van der Waals surface area contributed by atoms with Crippen LogP contribution in [0, 0.1) is 0 Å². The molecule has 0 saturated carbocycles. The van der Waals surface area contributed by atoms with E-state index in [-0.39, 0.29) is 0 Å². The lowest BCUT2D eigenvalue weighted by Gasteiger charge is -2.20. The third kappa shape index (κ3) is 3.72. The maximum Gasteiger partial charge on any atom is 0.0776 e. The Hall–Kier alpha value is -0.550. The van der Waals surface area contributed by atoms with Crippen molar-refractivity contribution < 1.29 is 5.11 Å². The fraction of sp³-hybridized carbons (Fsp3) is 0.286. The van der Waals surface area contributed by atoms with Gasteiger partial charge < -0.3 is 10.0 Å². The summed E-state index contributed by atoms with van der Waals surface area (Å²) in [5, 5.41) is 12.2. The summed E-state index contributed by atoms with van der Waals surface area (Å²) in [5.74, 6) is 0. The third-order valence-electron chi connectivity index (χ3n) is 2.89. The highest BCUT2D eigenvalue weighted by atomic mass is 79.9. The van der Waals surface area contributed by atoms with E-state index in [1.807, 2.05) is 25.2 Å². The van der Waals surface area contributed by atoms with Crippen molar-refractivity contribution in [1.29, 1.82) is 0 Å². The van der Waals surface area contributed by atoms with Crippen molar-refractivity contribution in [2.24, 2.45) is 0 Å². The molecule has 2 nitrogen and oxygen atoms in total. The van der Waals surface area contributed by atoms with Crippen molar-refractivity contribution in [3.8, 4) is 0 Å². The molecule has 0 aliphatic rings. The van der Waals surface area contributed by atoms with Crippen molar-refractivity contribution in [3.05, 3.63) is 49.6 Å². The van der Waals surface area contributed by atoms with Gasteiger partial charge >= 0.3 is 0 Å². The summed E-state index contributed by atoms with van der Waals surface area (Å²) in [6.07, 6.45) is -0.542. The fourth-order valence-electron chi connectivity index (χ4n) is 1.85. The molecule has 0 radical (unpaired) electrons. The lowest BCUT2D eigenvalue weighted by atomic mass is 10.1. The van der Waals surface area contributed by atoms with Gasteiger partial charge in [0.2, 0.25) is 0 Å². The Morgan fingerprint density at radius 3 is 2.68 bits per heavy atom. The van der Waals surface area contributed by atoms with Gasteiger partial charge in [0.15, 0.2) is 0 Å². The van der Waals surface area contributed by atoms with Gasteiger partial charge in [-0.05, 0) is 46.6 Å². The van der Waals surface area contributed by atoms with Crippen LogP contribution in [0.2, 0.25) is 5.02 Å². The number of aliphatic hydroxyl groups is 1. The van der Waals surface area contributed by atoms with Crippen molar-refractivity contribution in [2.45, 2.75) is 19.6 Å². The highest BCUT2D eigenvalue weighted by Gasteiger charge is 2.10. The van der Waals surface area contributed by atoms with Crippen LogP contribution in [0.1, 0.15) is 23.5 Å². The van der Waals surface area contributed by atoms with Crippen LogP contribution in [0.4, 0.5) is 5.69 Å². The molecule has 2 aromatic rings. The first-order valence-corrected chi connectivity index (χ1v) is 7.94. The van der Waals surface area contributed by atoms with Crippen LogP contribution in [0.5, 0.6) is 0 Å². The van der Waals surface area contributed by atoms with Gasteiger partial charge in [-0.1, -0.05) is 17.7 Å². The predicted octanol–water partition coefficient (Wildman–Crippen LogP) is 4.85. The average Bonchev–Trinajstić information content (AvgIpc) is 2.74. The topological polar surface area (TPSA) is 23.5 Å². The SMILES string of the molecule is CC(O)c1ccc(N(C)Cc2cc(Br)cs2)cc1Cl. The lowest BCUT2D eigenvalue weighted by Crippen LogP contribution is -2.15. The first-order valence-electron chi connectivity index (χ1n) is 5.89. The van der Waals surface area contributed by atoms with E-state index >= 15 is 0 Å². The van der Waals surface area contributed by atoms with Crippen molar-refractivity contribution in [2.75, 3.05) is 11.9 Å². The maximum absolute atomic E-state index is 9.57. The second-order valence-corrected chi connectivity index (χ2v) is 6.79. The van der Waals surface area contributed by atoms with Gasteiger partial charge in [-0.15, -0.1) is 11.3 Å². The molecule has 0 bridgehead atoms. The van der Waals surface area contributed by atoms with Crippen LogP contribution in [0.25, 0.3) is 0 Å². The Morgan fingerprint density at radius 1 is 1.42 bits per heavy atom. The first-order chi connectivity index (χ1) is 8.97. The molecule has 0 aliphatic heterocycles. The number of hydrogen-bond acceptors (Lipinski definition) is 3. The van der Waals surface area contributed by atoms with Crippen LogP contribution in [-0.2, 0) is 6.54 Å². The Labute approximate surface area is 130 Å². The van der Waals surface area contributed by atoms with Crippen molar-refractivity contribution in [1.82, 2.24) is 0 Å². The molecule has 19 heavy (non-hydrogen) atoms. The molecule has 1 atom stereocenters. The Bertz CT molecular complexity index is 570. The maximum atomic E-state index is 9.57. The quantitative estimate of drug-likeness (QED) is 0.842. The van der Waals surface area contributed by atoms with Crippen LogP contribution < -0.4 is 4.90 Å². The number of aliphatic hydroxyl groups excluding tert-OH is 1. The zero-order valence-electron chi connectivity index (χ0n) is 10.7. The largest absolute Gasteiger partial charge is 0.389 e. The summed E-state index contributed by atoms with van der Waals surface area (Å²) >= 11 is 11.4. The molecule has 0 spiro atoms. The van der Waals surface area contributed by atoms with E-state index in [2.05, 4.69) is 32.3 Å². The van der Waals surface area contributed by atoms with Crippen LogP contribution in [-0.4, -0.2) is 12.2 Å². The molecule has 0 saturated heterocycles. The van der Waals surface area contributed by atoms with Gasteiger partial charge in [0.05, 0.1) is 12.6 Å². The number of halogens is 2. The molecule has 1 unspecified atom stereocenters. The molecule has 1 aromatic carbocycles. The lowest BCUT2D eigenvalue weighted by molar-refractivity contribution is 0.199. The number of benzene rings is 1. The molecule has 0 fully saturated rings. The van der Waals surface area contributed by atoms with Gasteiger partial charge in [-0.25, -0.2) is 0 Å². The summed E-state index contributed by atoms with van der Waals surface area (Å²) in [6, 6.07) is 7.87. The molecule has 0 amide bonds. The van der Waals surface area contributed by atoms with Gasteiger partial charge in [-0.3, -0.25) is 0 Å². The minimum Gasteiger partial charge on any atom is -0.389 e. The Balaban J connectivity index is 2.15. The van der Waals surface area contributed by atoms with Gasteiger partial charge in [0, 0.05) is 32.5 Å². The monoisotopic (exact) mass is 359 g/mol. The number of rotatable bonds is 4. The summed E-state index contributed by atoms with van der Waals surface area (Å²) in [4.78, 5) is 3.42. The predicted molar refractivity (Wildman–Crippen MR) is 86.2 cm³/mol. The average molecular weight is 361 g/mol. The molecular formula is C14H15BrClNOS. The van der Waals surface area contributed by atoms with E-state index in [0.717, 1.165) is 22.3 Å². The number of thiophene rings is 1. The molecule has 1 N–H and O–H groups in total. The Morgan fingerprint density at radius 2 is 2.16 bits per heavy atom. The highest BCUT2D eigenvalue weighted by Crippen LogP contribution is 2.29. The second kappa shape index (κ2) is 6.27. The van der Waals surface area contributed by atoms with Crippen molar-refractivity contribution >= 4 is 44.6 Å². The number of anilines is 1. The normalized spacial score (nSPS) is 12.5. The summed E-state index contributed by atoms with van der Waals surface area (Å²) in [6.45, 7) is 2.55. The summed E-state index contributed by atoms with van der Waals surface area (Å²) in [7, 11) is 2.03. The third-order valence-corrected chi connectivity index (χ3v) is 4.90. The highest BCUT2D eigenvalue weighted by molar-refractivity contribution is 9.10. The first kappa shape index (κ1) is 14.9. The molecule has 2 rings (SSSR count). The summed E-state index contributed by atoms with van der Waals surface area (Å²) < 4.78 is 1.11. The zero-order chi connectivity index (χ0) is 14.0. The van der Waals surface area contributed by atoms with E-state index in [9.17, 15) is 5.11 Å². The van der Waals surface area contributed by atoms with E-state index in [0.29, 0.717) is 5.02 Å². The van der Waals surface area contributed by atoms with Crippen LogP contribution in [0.3, 0.4) is 0 Å². The van der Waals surface area contributed by atoms with E-state index in [1.165, 1.54) is 4.88 Å².